The Kier molecular flexibility index (Phi) is 5.89. The van der Waals surface area contributed by atoms with Gasteiger partial charge in [0.15, 0.2) is 0 Å². The van der Waals surface area contributed by atoms with E-state index in [-0.39, 0.29) is 0 Å². The van der Waals surface area contributed by atoms with Crippen LogP contribution in [0.15, 0.2) is 0 Å². The maximum atomic E-state index is 5.53. The van der Waals surface area contributed by atoms with Crippen LogP contribution in [0.25, 0.3) is 0 Å². The van der Waals surface area contributed by atoms with Crippen LogP contribution in [-0.4, -0.2) is 74.4 Å². The van der Waals surface area contributed by atoms with Crippen molar-refractivity contribution in [1.29, 1.82) is 0 Å². The van der Waals surface area contributed by atoms with Gasteiger partial charge in [-0.2, -0.15) is 0 Å². The van der Waals surface area contributed by atoms with E-state index in [1.54, 1.807) is 0 Å². The zero-order chi connectivity index (χ0) is 12.8. The smallest absolute Gasteiger partial charge is 0.0620 e. The van der Waals surface area contributed by atoms with Crippen molar-refractivity contribution in [2.75, 3.05) is 52.5 Å². The Labute approximate surface area is 112 Å². The van der Waals surface area contributed by atoms with Crippen LogP contribution in [0.3, 0.4) is 0 Å². The molecule has 106 valence electrons. The Morgan fingerprint density at radius 3 is 2.67 bits per heavy atom. The van der Waals surface area contributed by atoms with E-state index >= 15 is 0 Å². The normalized spacial score (nSPS) is 29.3. The molecule has 2 unspecified atom stereocenters. The van der Waals surface area contributed by atoms with Crippen LogP contribution in [0.1, 0.15) is 26.7 Å². The molecule has 2 heterocycles. The molecule has 2 atom stereocenters. The van der Waals surface area contributed by atoms with Crippen LogP contribution in [0.2, 0.25) is 0 Å². The lowest BCUT2D eigenvalue weighted by Crippen LogP contribution is -2.52. The first-order chi connectivity index (χ1) is 8.79. The number of rotatable bonds is 5. The fourth-order valence-electron chi connectivity index (χ4n) is 3.08. The highest BCUT2D eigenvalue weighted by atomic mass is 16.5. The van der Waals surface area contributed by atoms with Gasteiger partial charge in [0.1, 0.15) is 0 Å². The number of piperazine rings is 1. The zero-order valence-electron chi connectivity index (χ0n) is 12.0. The standard InChI is InChI=1S/C14H29N3O/c1-3-5-16-6-8-17(9-7-16)13(2)11-14-12-18-10-4-15-14/h13-15H,3-12H2,1-2H3. The average Bonchev–Trinajstić information content (AvgIpc) is 2.41. The van der Waals surface area contributed by atoms with Gasteiger partial charge in [0, 0.05) is 44.8 Å². The SMILES string of the molecule is CCCN1CCN(C(C)CC2COCCN2)CC1. The number of hydrogen-bond acceptors (Lipinski definition) is 4. The summed E-state index contributed by atoms with van der Waals surface area (Å²) < 4.78 is 5.53. The molecule has 0 aliphatic carbocycles. The third kappa shape index (κ3) is 4.19. The lowest BCUT2D eigenvalue weighted by molar-refractivity contribution is 0.0508. The molecule has 4 heteroatoms. The Morgan fingerprint density at radius 1 is 1.28 bits per heavy atom. The van der Waals surface area contributed by atoms with Crippen molar-refractivity contribution in [3.63, 3.8) is 0 Å². The minimum atomic E-state index is 0.558. The highest BCUT2D eigenvalue weighted by Crippen LogP contribution is 2.12. The second kappa shape index (κ2) is 7.43. The highest BCUT2D eigenvalue weighted by Gasteiger charge is 2.23. The lowest BCUT2D eigenvalue weighted by atomic mass is 10.1. The van der Waals surface area contributed by atoms with E-state index in [0.717, 1.165) is 19.8 Å². The minimum Gasteiger partial charge on any atom is -0.379 e. The summed E-state index contributed by atoms with van der Waals surface area (Å²) in [6.45, 7) is 13.6. The summed E-state index contributed by atoms with van der Waals surface area (Å²) in [7, 11) is 0. The minimum absolute atomic E-state index is 0.558. The van der Waals surface area contributed by atoms with Crippen molar-refractivity contribution >= 4 is 0 Å². The van der Waals surface area contributed by atoms with Gasteiger partial charge in [0.25, 0.3) is 0 Å². The molecule has 0 amide bonds. The van der Waals surface area contributed by atoms with Gasteiger partial charge in [-0.25, -0.2) is 0 Å². The molecule has 0 aromatic carbocycles. The first-order valence-corrected chi connectivity index (χ1v) is 7.57. The topological polar surface area (TPSA) is 27.7 Å². The van der Waals surface area contributed by atoms with Gasteiger partial charge in [-0.05, 0) is 26.3 Å². The molecule has 0 saturated carbocycles. The fourth-order valence-corrected chi connectivity index (χ4v) is 3.08. The van der Waals surface area contributed by atoms with Gasteiger partial charge in [0.2, 0.25) is 0 Å². The van der Waals surface area contributed by atoms with Gasteiger partial charge in [-0.1, -0.05) is 6.92 Å². The van der Waals surface area contributed by atoms with Crippen molar-refractivity contribution in [3.8, 4) is 0 Å². The van der Waals surface area contributed by atoms with E-state index in [0.29, 0.717) is 12.1 Å². The number of nitrogens with one attached hydrogen (secondary N) is 1. The van der Waals surface area contributed by atoms with Crippen LogP contribution in [0.4, 0.5) is 0 Å². The number of morpholine rings is 1. The first kappa shape index (κ1) is 14.3. The molecular formula is C14H29N3O. The van der Waals surface area contributed by atoms with Crippen LogP contribution in [-0.2, 0) is 4.74 Å². The zero-order valence-corrected chi connectivity index (χ0v) is 12.0. The Balaban J connectivity index is 1.68. The Morgan fingerprint density at radius 2 is 2.06 bits per heavy atom. The summed E-state index contributed by atoms with van der Waals surface area (Å²) in [5.41, 5.74) is 0. The predicted molar refractivity (Wildman–Crippen MR) is 75.0 cm³/mol. The van der Waals surface area contributed by atoms with Crippen molar-refractivity contribution in [2.45, 2.75) is 38.8 Å². The summed E-state index contributed by atoms with van der Waals surface area (Å²) in [6, 6.07) is 1.23. The van der Waals surface area contributed by atoms with Gasteiger partial charge in [0.05, 0.1) is 13.2 Å². The molecule has 18 heavy (non-hydrogen) atoms. The van der Waals surface area contributed by atoms with E-state index in [1.165, 1.54) is 45.6 Å². The summed E-state index contributed by atoms with van der Waals surface area (Å²) >= 11 is 0. The van der Waals surface area contributed by atoms with Crippen LogP contribution < -0.4 is 5.32 Å². The van der Waals surface area contributed by atoms with E-state index < -0.39 is 0 Å². The van der Waals surface area contributed by atoms with Crippen molar-refractivity contribution in [2.24, 2.45) is 0 Å². The van der Waals surface area contributed by atoms with Crippen LogP contribution in [0, 0.1) is 0 Å². The largest absolute Gasteiger partial charge is 0.379 e. The maximum Gasteiger partial charge on any atom is 0.0620 e. The van der Waals surface area contributed by atoms with Gasteiger partial charge in [-0.15, -0.1) is 0 Å². The third-order valence-electron chi connectivity index (χ3n) is 4.19. The molecule has 2 aliphatic rings. The number of hydrogen-bond donors (Lipinski definition) is 1. The lowest BCUT2D eigenvalue weighted by Gasteiger charge is -2.39. The molecule has 2 saturated heterocycles. The molecule has 2 fully saturated rings. The number of nitrogens with zero attached hydrogens (tertiary/aromatic N) is 2. The Bertz CT molecular complexity index is 223. The summed E-state index contributed by atoms with van der Waals surface area (Å²) in [4.78, 5) is 5.23. The molecule has 2 aliphatic heterocycles. The molecular weight excluding hydrogens is 226 g/mol. The first-order valence-electron chi connectivity index (χ1n) is 7.57. The average molecular weight is 255 g/mol. The quantitative estimate of drug-likeness (QED) is 0.786. The van der Waals surface area contributed by atoms with Crippen molar-refractivity contribution < 1.29 is 4.74 Å². The van der Waals surface area contributed by atoms with E-state index in [4.69, 9.17) is 4.74 Å². The van der Waals surface area contributed by atoms with Crippen LogP contribution in [0.5, 0.6) is 0 Å². The predicted octanol–water partition coefficient (Wildman–Crippen LogP) is 0.781. The summed E-state index contributed by atoms with van der Waals surface area (Å²) in [5.74, 6) is 0. The molecule has 1 N–H and O–H groups in total. The molecule has 0 bridgehead atoms. The van der Waals surface area contributed by atoms with E-state index in [9.17, 15) is 0 Å². The van der Waals surface area contributed by atoms with E-state index in [2.05, 4.69) is 29.0 Å². The van der Waals surface area contributed by atoms with Gasteiger partial charge >= 0.3 is 0 Å². The maximum absolute atomic E-state index is 5.53. The monoisotopic (exact) mass is 255 g/mol. The molecule has 0 radical (unpaired) electrons. The van der Waals surface area contributed by atoms with Crippen LogP contribution >= 0.6 is 0 Å². The number of ether oxygens (including phenoxy) is 1. The molecule has 0 aromatic heterocycles. The van der Waals surface area contributed by atoms with E-state index in [1.807, 2.05) is 0 Å². The van der Waals surface area contributed by atoms with Gasteiger partial charge < -0.3 is 15.0 Å². The Hall–Kier alpha value is -0.160. The highest BCUT2D eigenvalue weighted by molar-refractivity contribution is 4.81. The second-order valence-electron chi connectivity index (χ2n) is 5.69. The summed E-state index contributed by atoms with van der Waals surface area (Å²) in [5, 5.41) is 3.56. The van der Waals surface area contributed by atoms with Gasteiger partial charge in [-0.3, -0.25) is 4.90 Å². The second-order valence-corrected chi connectivity index (χ2v) is 5.69. The molecule has 4 nitrogen and oxygen atoms in total. The van der Waals surface area contributed by atoms with Crippen molar-refractivity contribution in [1.82, 2.24) is 15.1 Å². The molecule has 2 rings (SSSR count). The molecule has 0 aromatic rings. The third-order valence-corrected chi connectivity index (χ3v) is 4.19. The van der Waals surface area contributed by atoms with Crippen molar-refractivity contribution in [3.05, 3.63) is 0 Å². The summed E-state index contributed by atoms with van der Waals surface area (Å²) in [6.07, 6.45) is 2.49. The molecule has 0 spiro atoms. The fraction of sp³-hybridized carbons (Fsp3) is 1.00.